The number of carbonyl (C=O) groups is 2. The van der Waals surface area contributed by atoms with E-state index in [0.717, 1.165) is 30.8 Å². The molecule has 2 aliphatic heterocycles. The number of hydrogen-bond donors (Lipinski definition) is 1. The molecule has 3 rings (SSSR count). The fraction of sp³-hybridized carbons (Fsp3) is 0.467. The fourth-order valence-corrected chi connectivity index (χ4v) is 2.92. The van der Waals surface area contributed by atoms with E-state index in [9.17, 15) is 9.59 Å². The minimum atomic E-state index is 0.00573. The molecule has 0 radical (unpaired) electrons. The Labute approximate surface area is 112 Å². The molecule has 1 atom stereocenters. The van der Waals surface area contributed by atoms with Crippen molar-refractivity contribution in [3.63, 3.8) is 0 Å². The second kappa shape index (κ2) is 4.68. The number of benzene rings is 1. The van der Waals surface area contributed by atoms with Crippen molar-refractivity contribution in [2.24, 2.45) is 5.92 Å². The molecule has 1 aromatic carbocycles. The molecule has 2 amide bonds. The number of piperidine rings is 1. The van der Waals surface area contributed by atoms with Crippen LogP contribution in [0.5, 0.6) is 0 Å². The van der Waals surface area contributed by atoms with Gasteiger partial charge in [0, 0.05) is 24.3 Å². The van der Waals surface area contributed by atoms with Gasteiger partial charge in [0.1, 0.15) is 0 Å². The van der Waals surface area contributed by atoms with Gasteiger partial charge in [-0.1, -0.05) is 6.92 Å². The van der Waals surface area contributed by atoms with Crippen molar-refractivity contribution in [3.8, 4) is 0 Å². The van der Waals surface area contributed by atoms with Gasteiger partial charge >= 0.3 is 0 Å². The van der Waals surface area contributed by atoms with E-state index in [2.05, 4.69) is 12.2 Å². The zero-order valence-electron chi connectivity index (χ0n) is 11.1. The lowest BCUT2D eigenvalue weighted by Crippen LogP contribution is -2.39. The third kappa shape index (κ3) is 2.35. The zero-order chi connectivity index (χ0) is 13.4. The molecule has 2 heterocycles. The van der Waals surface area contributed by atoms with Crippen LogP contribution in [0.3, 0.4) is 0 Å². The highest BCUT2D eigenvalue weighted by Gasteiger charge is 2.24. The van der Waals surface area contributed by atoms with Crippen LogP contribution in [0.25, 0.3) is 0 Å². The summed E-state index contributed by atoms with van der Waals surface area (Å²) in [5.74, 6) is 0.676. The molecule has 4 heteroatoms. The normalized spacial score (nSPS) is 22.1. The van der Waals surface area contributed by atoms with Crippen LogP contribution in [0, 0.1) is 5.92 Å². The summed E-state index contributed by atoms with van der Waals surface area (Å²) in [5.41, 5.74) is 2.47. The van der Waals surface area contributed by atoms with Crippen molar-refractivity contribution < 1.29 is 9.59 Å². The number of nitrogens with zero attached hydrogens (tertiary/aromatic N) is 1. The fourth-order valence-electron chi connectivity index (χ4n) is 2.92. The van der Waals surface area contributed by atoms with Gasteiger partial charge < -0.3 is 10.2 Å². The summed E-state index contributed by atoms with van der Waals surface area (Å²) < 4.78 is 0. The average molecular weight is 258 g/mol. The number of hydrogen-bond acceptors (Lipinski definition) is 2. The first-order valence-corrected chi connectivity index (χ1v) is 6.85. The maximum absolute atomic E-state index is 12.4. The standard InChI is InChI=1S/C15H18N2O2/c1-10-3-2-6-17(9-10)15(19)11-4-5-13-12(7-11)8-14(18)16-13/h4-5,7,10H,2-3,6,8-9H2,1H3,(H,16,18). The molecule has 0 bridgehead atoms. The van der Waals surface area contributed by atoms with E-state index in [4.69, 9.17) is 0 Å². The molecule has 0 aliphatic carbocycles. The van der Waals surface area contributed by atoms with E-state index in [-0.39, 0.29) is 11.8 Å². The summed E-state index contributed by atoms with van der Waals surface area (Å²) in [6.07, 6.45) is 2.66. The number of fused-ring (bicyclic) bond motifs is 1. The van der Waals surface area contributed by atoms with Crippen LogP contribution in [-0.2, 0) is 11.2 Å². The van der Waals surface area contributed by atoms with E-state index in [1.54, 1.807) is 0 Å². The Balaban J connectivity index is 1.81. The van der Waals surface area contributed by atoms with Crippen molar-refractivity contribution in [2.75, 3.05) is 18.4 Å². The molecule has 1 unspecified atom stereocenters. The molecular formula is C15H18N2O2. The molecule has 0 aromatic heterocycles. The third-order valence-corrected chi connectivity index (χ3v) is 3.92. The second-order valence-corrected chi connectivity index (χ2v) is 5.60. The van der Waals surface area contributed by atoms with Gasteiger partial charge in [0.05, 0.1) is 6.42 Å². The Kier molecular flexibility index (Phi) is 3.01. The van der Waals surface area contributed by atoms with Crippen molar-refractivity contribution >= 4 is 17.5 Å². The van der Waals surface area contributed by atoms with Crippen LogP contribution in [0.15, 0.2) is 18.2 Å². The van der Waals surface area contributed by atoms with Crippen LogP contribution in [0.2, 0.25) is 0 Å². The second-order valence-electron chi connectivity index (χ2n) is 5.60. The summed E-state index contributed by atoms with van der Waals surface area (Å²) in [4.78, 5) is 25.7. The lowest BCUT2D eigenvalue weighted by molar-refractivity contribution is -0.115. The zero-order valence-corrected chi connectivity index (χ0v) is 11.1. The highest BCUT2D eigenvalue weighted by Crippen LogP contribution is 2.25. The number of rotatable bonds is 1. The summed E-state index contributed by atoms with van der Waals surface area (Å²) >= 11 is 0. The summed E-state index contributed by atoms with van der Waals surface area (Å²) in [6.45, 7) is 3.87. The number of carbonyl (C=O) groups excluding carboxylic acids is 2. The first-order valence-electron chi connectivity index (χ1n) is 6.85. The number of amides is 2. The predicted molar refractivity (Wildman–Crippen MR) is 73.1 cm³/mol. The minimum absolute atomic E-state index is 0.00573. The quantitative estimate of drug-likeness (QED) is 0.838. The Morgan fingerprint density at radius 1 is 1.42 bits per heavy atom. The van der Waals surface area contributed by atoms with E-state index in [1.807, 2.05) is 23.1 Å². The van der Waals surface area contributed by atoms with E-state index >= 15 is 0 Å². The summed E-state index contributed by atoms with van der Waals surface area (Å²) in [7, 11) is 0. The number of likely N-dealkylation sites (tertiary alicyclic amines) is 1. The van der Waals surface area contributed by atoms with Gasteiger partial charge in [-0.3, -0.25) is 9.59 Å². The molecular weight excluding hydrogens is 240 g/mol. The van der Waals surface area contributed by atoms with Crippen molar-refractivity contribution in [1.29, 1.82) is 0 Å². The largest absolute Gasteiger partial charge is 0.338 e. The Hall–Kier alpha value is -1.84. The molecule has 0 saturated carbocycles. The molecule has 19 heavy (non-hydrogen) atoms. The maximum Gasteiger partial charge on any atom is 0.253 e. The molecule has 100 valence electrons. The van der Waals surface area contributed by atoms with Crippen LogP contribution < -0.4 is 5.32 Å². The van der Waals surface area contributed by atoms with Gasteiger partial charge in [-0.05, 0) is 42.5 Å². The topological polar surface area (TPSA) is 49.4 Å². The predicted octanol–water partition coefficient (Wildman–Crippen LogP) is 2.05. The molecule has 1 N–H and O–H groups in total. The Bertz CT molecular complexity index is 539. The van der Waals surface area contributed by atoms with Crippen LogP contribution >= 0.6 is 0 Å². The van der Waals surface area contributed by atoms with Gasteiger partial charge in [-0.25, -0.2) is 0 Å². The maximum atomic E-state index is 12.4. The van der Waals surface area contributed by atoms with Gasteiger partial charge in [-0.2, -0.15) is 0 Å². The molecule has 4 nitrogen and oxygen atoms in total. The Morgan fingerprint density at radius 3 is 3.05 bits per heavy atom. The van der Waals surface area contributed by atoms with Crippen molar-refractivity contribution in [1.82, 2.24) is 4.90 Å². The smallest absolute Gasteiger partial charge is 0.253 e. The van der Waals surface area contributed by atoms with Gasteiger partial charge in [0.2, 0.25) is 5.91 Å². The number of anilines is 1. The van der Waals surface area contributed by atoms with Crippen LogP contribution in [0.1, 0.15) is 35.7 Å². The first kappa shape index (κ1) is 12.2. The monoisotopic (exact) mass is 258 g/mol. The van der Waals surface area contributed by atoms with Crippen molar-refractivity contribution in [3.05, 3.63) is 29.3 Å². The molecule has 2 aliphatic rings. The SMILES string of the molecule is CC1CCCN(C(=O)c2ccc3c(c2)CC(=O)N3)C1. The van der Waals surface area contributed by atoms with Crippen LogP contribution in [-0.4, -0.2) is 29.8 Å². The molecule has 1 fully saturated rings. The highest BCUT2D eigenvalue weighted by molar-refractivity contribution is 6.01. The first-order chi connectivity index (χ1) is 9.13. The average Bonchev–Trinajstić information content (AvgIpc) is 2.76. The molecule has 0 spiro atoms. The Morgan fingerprint density at radius 2 is 2.26 bits per heavy atom. The molecule has 1 aromatic rings. The van der Waals surface area contributed by atoms with E-state index < -0.39 is 0 Å². The van der Waals surface area contributed by atoms with Crippen molar-refractivity contribution in [2.45, 2.75) is 26.2 Å². The minimum Gasteiger partial charge on any atom is -0.338 e. The van der Waals surface area contributed by atoms with E-state index in [1.165, 1.54) is 6.42 Å². The number of nitrogens with one attached hydrogen (secondary N) is 1. The summed E-state index contributed by atoms with van der Waals surface area (Å²) in [5, 5.41) is 2.79. The molecule has 1 saturated heterocycles. The van der Waals surface area contributed by atoms with Crippen LogP contribution in [0.4, 0.5) is 5.69 Å². The van der Waals surface area contributed by atoms with Gasteiger partial charge in [0.15, 0.2) is 0 Å². The third-order valence-electron chi connectivity index (χ3n) is 3.92. The van der Waals surface area contributed by atoms with Gasteiger partial charge in [0.25, 0.3) is 5.91 Å². The van der Waals surface area contributed by atoms with E-state index in [0.29, 0.717) is 17.9 Å². The lowest BCUT2D eigenvalue weighted by atomic mass is 9.99. The van der Waals surface area contributed by atoms with Gasteiger partial charge in [-0.15, -0.1) is 0 Å². The summed E-state index contributed by atoms with van der Waals surface area (Å²) in [6, 6.07) is 5.50. The lowest BCUT2D eigenvalue weighted by Gasteiger charge is -2.31. The highest BCUT2D eigenvalue weighted by atomic mass is 16.2.